The monoisotopic (exact) mass is 436 g/mol. The summed E-state index contributed by atoms with van der Waals surface area (Å²) in [6, 6.07) is 8.31. The maximum Gasteiger partial charge on any atom is 0.230 e. The van der Waals surface area contributed by atoms with Crippen molar-refractivity contribution in [2.75, 3.05) is 5.75 Å². The van der Waals surface area contributed by atoms with Crippen LogP contribution in [-0.2, 0) is 11.8 Å². The highest BCUT2D eigenvalue weighted by Crippen LogP contribution is 2.25. The summed E-state index contributed by atoms with van der Waals surface area (Å²) in [6.07, 6.45) is 8.56. The van der Waals surface area contributed by atoms with Gasteiger partial charge in [-0.25, -0.2) is 0 Å². The number of benzene rings is 1. The number of aromatic nitrogens is 3. The topological polar surface area (TPSA) is 59.8 Å². The molecule has 1 saturated carbocycles. The van der Waals surface area contributed by atoms with Gasteiger partial charge >= 0.3 is 0 Å². The smallest absolute Gasteiger partial charge is 0.230 e. The van der Waals surface area contributed by atoms with Gasteiger partial charge in [0.15, 0.2) is 11.0 Å². The normalized spacial score (nSPS) is 16.1. The molecule has 0 radical (unpaired) electrons. The Morgan fingerprint density at radius 1 is 1.23 bits per heavy atom. The van der Waals surface area contributed by atoms with E-state index in [9.17, 15) is 4.79 Å². The minimum Gasteiger partial charge on any atom is -0.353 e. The maximum absolute atomic E-state index is 12.3. The highest BCUT2D eigenvalue weighted by molar-refractivity contribution is 9.10. The Bertz CT molecular complexity index is 741. The first-order valence-electron chi connectivity index (χ1n) is 9.21. The number of hydrogen-bond acceptors (Lipinski definition) is 4. The lowest BCUT2D eigenvalue weighted by molar-refractivity contribution is -0.119. The van der Waals surface area contributed by atoms with Crippen molar-refractivity contribution in [2.45, 2.75) is 56.1 Å². The highest BCUT2D eigenvalue weighted by atomic mass is 79.9. The first kappa shape index (κ1) is 19.4. The first-order valence-corrected chi connectivity index (χ1v) is 11.0. The van der Waals surface area contributed by atoms with Crippen LogP contribution < -0.4 is 5.32 Å². The Morgan fingerprint density at radius 2 is 1.96 bits per heavy atom. The van der Waals surface area contributed by atoms with Crippen molar-refractivity contribution in [3.05, 3.63) is 28.7 Å². The second-order valence-electron chi connectivity index (χ2n) is 6.77. The average Bonchev–Trinajstić information content (AvgIpc) is 2.96. The number of nitrogens with zero attached hydrogens (tertiary/aromatic N) is 3. The lowest BCUT2D eigenvalue weighted by Crippen LogP contribution is -2.36. The molecule has 1 heterocycles. The van der Waals surface area contributed by atoms with Gasteiger partial charge in [0.05, 0.1) is 5.75 Å². The molecule has 0 atom stereocenters. The Kier molecular flexibility index (Phi) is 7.14. The van der Waals surface area contributed by atoms with Crippen LogP contribution in [0.1, 0.15) is 44.9 Å². The SMILES string of the molecule is Cn1c(SCC(=O)NC2CCCCCCC2)nnc1-c1cccc(Br)c1. The molecule has 3 rings (SSSR count). The average molecular weight is 437 g/mol. The zero-order valence-electron chi connectivity index (χ0n) is 15.1. The van der Waals surface area contributed by atoms with E-state index in [0.29, 0.717) is 11.8 Å². The molecular weight excluding hydrogens is 412 g/mol. The Labute approximate surface area is 167 Å². The van der Waals surface area contributed by atoms with E-state index in [1.54, 1.807) is 0 Å². The van der Waals surface area contributed by atoms with E-state index < -0.39 is 0 Å². The molecule has 7 heteroatoms. The van der Waals surface area contributed by atoms with Gasteiger partial charge in [0.1, 0.15) is 0 Å². The van der Waals surface area contributed by atoms with Gasteiger partial charge in [0, 0.05) is 23.1 Å². The van der Waals surface area contributed by atoms with Gasteiger partial charge in [-0.1, -0.05) is 71.9 Å². The van der Waals surface area contributed by atoms with E-state index in [0.717, 1.165) is 33.9 Å². The van der Waals surface area contributed by atoms with Crippen molar-refractivity contribution >= 4 is 33.6 Å². The number of thioether (sulfide) groups is 1. The second kappa shape index (κ2) is 9.55. The molecule has 0 bridgehead atoms. The molecule has 1 aliphatic rings. The summed E-state index contributed by atoms with van der Waals surface area (Å²) in [7, 11) is 1.94. The third-order valence-corrected chi connectivity index (χ3v) is 6.23. The molecule has 1 aromatic carbocycles. The van der Waals surface area contributed by atoms with E-state index >= 15 is 0 Å². The molecule has 1 aromatic heterocycles. The van der Waals surface area contributed by atoms with Gasteiger partial charge in [0.2, 0.25) is 5.91 Å². The van der Waals surface area contributed by atoms with E-state index in [1.165, 1.54) is 43.9 Å². The van der Waals surface area contributed by atoms with Crippen molar-refractivity contribution in [1.29, 1.82) is 0 Å². The molecule has 1 fully saturated rings. The van der Waals surface area contributed by atoms with Gasteiger partial charge in [-0.3, -0.25) is 4.79 Å². The van der Waals surface area contributed by atoms with Gasteiger partial charge < -0.3 is 9.88 Å². The van der Waals surface area contributed by atoms with Crippen molar-refractivity contribution in [1.82, 2.24) is 20.1 Å². The largest absolute Gasteiger partial charge is 0.353 e. The van der Waals surface area contributed by atoms with Crippen LogP contribution in [0.3, 0.4) is 0 Å². The van der Waals surface area contributed by atoms with E-state index in [2.05, 4.69) is 31.4 Å². The van der Waals surface area contributed by atoms with Crippen molar-refractivity contribution in [3.63, 3.8) is 0 Å². The highest BCUT2D eigenvalue weighted by Gasteiger charge is 2.16. The van der Waals surface area contributed by atoms with Crippen molar-refractivity contribution < 1.29 is 4.79 Å². The van der Waals surface area contributed by atoms with Crippen LogP contribution in [0.15, 0.2) is 33.9 Å². The maximum atomic E-state index is 12.3. The van der Waals surface area contributed by atoms with Crippen LogP contribution >= 0.6 is 27.7 Å². The molecule has 1 aliphatic carbocycles. The Hall–Kier alpha value is -1.34. The van der Waals surface area contributed by atoms with Crippen LogP contribution in [0, 0.1) is 0 Å². The fraction of sp³-hybridized carbons (Fsp3) is 0.526. The number of amides is 1. The molecule has 5 nitrogen and oxygen atoms in total. The predicted molar refractivity (Wildman–Crippen MR) is 109 cm³/mol. The summed E-state index contributed by atoms with van der Waals surface area (Å²) in [5.74, 6) is 1.27. The summed E-state index contributed by atoms with van der Waals surface area (Å²) >= 11 is 4.92. The Balaban J connectivity index is 1.55. The quantitative estimate of drug-likeness (QED) is 0.697. The summed E-state index contributed by atoms with van der Waals surface area (Å²) in [5.41, 5.74) is 1.00. The van der Waals surface area contributed by atoms with Gasteiger partial charge in [-0.05, 0) is 25.0 Å². The minimum absolute atomic E-state index is 0.0904. The minimum atomic E-state index is 0.0904. The molecule has 1 amide bonds. The van der Waals surface area contributed by atoms with Crippen LogP contribution in [0.2, 0.25) is 0 Å². The number of carbonyl (C=O) groups excluding carboxylic acids is 1. The molecule has 0 aliphatic heterocycles. The molecule has 0 unspecified atom stereocenters. The first-order chi connectivity index (χ1) is 12.6. The zero-order chi connectivity index (χ0) is 18.4. The van der Waals surface area contributed by atoms with Crippen molar-refractivity contribution in [2.24, 2.45) is 7.05 Å². The fourth-order valence-corrected chi connectivity index (χ4v) is 4.44. The lowest BCUT2D eigenvalue weighted by atomic mass is 9.97. The van der Waals surface area contributed by atoms with Crippen molar-refractivity contribution in [3.8, 4) is 11.4 Å². The fourth-order valence-electron chi connectivity index (χ4n) is 3.32. The number of carbonyl (C=O) groups is 1. The molecule has 140 valence electrons. The molecule has 1 N–H and O–H groups in total. The predicted octanol–water partition coefficient (Wildman–Crippen LogP) is 4.57. The van der Waals surface area contributed by atoms with Crippen LogP contribution in [-0.4, -0.2) is 32.5 Å². The summed E-state index contributed by atoms with van der Waals surface area (Å²) in [6.45, 7) is 0. The number of hydrogen-bond donors (Lipinski definition) is 1. The molecular formula is C19H25BrN4OS. The summed E-state index contributed by atoms with van der Waals surface area (Å²) < 4.78 is 2.95. The molecule has 2 aromatic rings. The zero-order valence-corrected chi connectivity index (χ0v) is 17.5. The van der Waals surface area contributed by atoms with Gasteiger partial charge in [-0.15, -0.1) is 10.2 Å². The number of halogens is 1. The second-order valence-corrected chi connectivity index (χ2v) is 8.63. The third kappa shape index (κ3) is 5.33. The van der Waals surface area contributed by atoms with Crippen LogP contribution in [0.4, 0.5) is 0 Å². The van der Waals surface area contributed by atoms with Gasteiger partial charge in [-0.2, -0.15) is 0 Å². The van der Waals surface area contributed by atoms with E-state index in [1.807, 2.05) is 35.9 Å². The lowest BCUT2D eigenvalue weighted by Gasteiger charge is -2.20. The molecule has 0 saturated heterocycles. The number of rotatable bonds is 5. The Morgan fingerprint density at radius 3 is 2.69 bits per heavy atom. The third-order valence-electron chi connectivity index (χ3n) is 4.72. The number of nitrogens with one attached hydrogen (secondary N) is 1. The van der Waals surface area contributed by atoms with Crippen LogP contribution in [0.25, 0.3) is 11.4 Å². The van der Waals surface area contributed by atoms with E-state index in [4.69, 9.17) is 0 Å². The standard InChI is InChI=1S/C19H25BrN4OS/c1-24-18(14-8-7-9-15(20)12-14)22-23-19(24)26-13-17(25)21-16-10-5-3-2-4-6-11-16/h7-9,12,16H,2-6,10-11,13H2,1H3,(H,21,25). The summed E-state index contributed by atoms with van der Waals surface area (Å²) in [5, 5.41) is 12.5. The van der Waals surface area contributed by atoms with Crippen LogP contribution in [0.5, 0.6) is 0 Å². The van der Waals surface area contributed by atoms with E-state index in [-0.39, 0.29) is 5.91 Å². The molecule has 26 heavy (non-hydrogen) atoms. The summed E-state index contributed by atoms with van der Waals surface area (Å²) in [4.78, 5) is 12.3. The molecule has 0 spiro atoms. The van der Waals surface area contributed by atoms with Gasteiger partial charge in [0.25, 0.3) is 0 Å².